The zero-order chi connectivity index (χ0) is 13.0. The first-order valence-electron chi connectivity index (χ1n) is 4.83. The first-order valence-corrected chi connectivity index (χ1v) is 5.64. The highest BCUT2D eigenvalue weighted by Crippen LogP contribution is 2.19. The van der Waals surface area contributed by atoms with Crippen LogP contribution < -0.4 is 11.1 Å². The molecule has 6 nitrogen and oxygen atoms in total. The van der Waals surface area contributed by atoms with Crippen LogP contribution in [0.2, 0.25) is 0 Å². The number of hydrogen-bond acceptors (Lipinski definition) is 5. The third kappa shape index (κ3) is 3.28. The zero-order valence-electron chi connectivity index (χ0n) is 9.27. The number of nitrogens with two attached hydrogens (primary N) is 1. The van der Waals surface area contributed by atoms with Gasteiger partial charge in [0.15, 0.2) is 5.13 Å². The van der Waals surface area contributed by atoms with Gasteiger partial charge in [-0.15, -0.1) is 6.58 Å². The van der Waals surface area contributed by atoms with Gasteiger partial charge in [-0.25, -0.2) is 9.78 Å². The molecule has 1 amide bonds. The Hall–Kier alpha value is -1.89. The molecule has 1 rings (SSSR count). The second-order valence-corrected chi connectivity index (χ2v) is 4.39. The second-order valence-electron chi connectivity index (χ2n) is 3.36. The van der Waals surface area contributed by atoms with Gasteiger partial charge in [0.05, 0.1) is 5.69 Å². The standard InChI is InChI=1S/C10H13N3O3S/c1-3-4-6(9(15)16)13-8(14)7-5(2)12-10(11)17-7/h3,6H,1,4H2,2H3,(H2,11,12)(H,13,14)(H,15,16). The minimum Gasteiger partial charge on any atom is -0.480 e. The summed E-state index contributed by atoms with van der Waals surface area (Å²) in [5.74, 6) is -1.58. The van der Waals surface area contributed by atoms with Gasteiger partial charge in [-0.1, -0.05) is 17.4 Å². The average Bonchev–Trinajstić information content (AvgIpc) is 2.57. The van der Waals surface area contributed by atoms with Crippen LogP contribution in [0.4, 0.5) is 5.13 Å². The number of aliphatic carboxylic acids is 1. The molecule has 1 unspecified atom stereocenters. The summed E-state index contributed by atoms with van der Waals surface area (Å²) in [6.07, 6.45) is 1.60. The van der Waals surface area contributed by atoms with Crippen molar-refractivity contribution in [2.45, 2.75) is 19.4 Å². The van der Waals surface area contributed by atoms with E-state index in [0.717, 1.165) is 11.3 Å². The van der Waals surface area contributed by atoms with Gasteiger partial charge in [0.1, 0.15) is 10.9 Å². The van der Waals surface area contributed by atoms with E-state index in [2.05, 4.69) is 16.9 Å². The molecule has 1 aromatic rings. The van der Waals surface area contributed by atoms with Crippen molar-refractivity contribution in [2.24, 2.45) is 0 Å². The Morgan fingerprint density at radius 2 is 2.35 bits per heavy atom. The van der Waals surface area contributed by atoms with Crippen molar-refractivity contribution >= 4 is 28.3 Å². The highest BCUT2D eigenvalue weighted by Gasteiger charge is 2.21. The third-order valence-corrected chi connectivity index (χ3v) is 3.01. The molecule has 92 valence electrons. The molecule has 0 aliphatic carbocycles. The smallest absolute Gasteiger partial charge is 0.326 e. The molecule has 4 N–H and O–H groups in total. The predicted molar refractivity (Wildman–Crippen MR) is 65.0 cm³/mol. The van der Waals surface area contributed by atoms with E-state index < -0.39 is 17.9 Å². The second kappa shape index (κ2) is 5.44. The molecule has 7 heteroatoms. The quantitative estimate of drug-likeness (QED) is 0.675. The van der Waals surface area contributed by atoms with Gasteiger partial charge in [0.25, 0.3) is 5.91 Å². The Morgan fingerprint density at radius 1 is 1.71 bits per heavy atom. The largest absolute Gasteiger partial charge is 0.480 e. The maximum absolute atomic E-state index is 11.8. The topological polar surface area (TPSA) is 105 Å². The number of anilines is 1. The number of amides is 1. The number of aromatic nitrogens is 1. The van der Waals surface area contributed by atoms with E-state index in [1.54, 1.807) is 6.92 Å². The van der Waals surface area contributed by atoms with Crippen molar-refractivity contribution in [2.75, 3.05) is 5.73 Å². The molecule has 0 aromatic carbocycles. The lowest BCUT2D eigenvalue weighted by atomic mass is 10.2. The molecule has 0 saturated carbocycles. The number of nitrogens with zero attached hydrogens (tertiary/aromatic N) is 1. The Labute approximate surface area is 102 Å². The molecule has 17 heavy (non-hydrogen) atoms. The van der Waals surface area contributed by atoms with Crippen LogP contribution in [0.3, 0.4) is 0 Å². The van der Waals surface area contributed by atoms with Gasteiger partial charge >= 0.3 is 5.97 Å². The summed E-state index contributed by atoms with van der Waals surface area (Å²) in [4.78, 5) is 26.9. The molecule has 0 aliphatic heterocycles. The number of carbonyl (C=O) groups excluding carboxylic acids is 1. The molecule has 1 atom stereocenters. The lowest BCUT2D eigenvalue weighted by molar-refractivity contribution is -0.139. The lowest BCUT2D eigenvalue weighted by Gasteiger charge is -2.11. The van der Waals surface area contributed by atoms with E-state index in [0.29, 0.717) is 10.6 Å². The van der Waals surface area contributed by atoms with Crippen molar-refractivity contribution in [1.29, 1.82) is 0 Å². The highest BCUT2D eigenvalue weighted by molar-refractivity contribution is 7.17. The van der Waals surface area contributed by atoms with Crippen LogP contribution in [0.15, 0.2) is 12.7 Å². The van der Waals surface area contributed by atoms with Crippen molar-refractivity contribution in [3.8, 4) is 0 Å². The summed E-state index contributed by atoms with van der Waals surface area (Å²) in [6.45, 7) is 5.08. The average molecular weight is 255 g/mol. The summed E-state index contributed by atoms with van der Waals surface area (Å²) in [7, 11) is 0. The molecule has 0 spiro atoms. The maximum Gasteiger partial charge on any atom is 0.326 e. The monoisotopic (exact) mass is 255 g/mol. The lowest BCUT2D eigenvalue weighted by Crippen LogP contribution is -2.40. The first-order chi connectivity index (χ1) is 7.95. The van der Waals surface area contributed by atoms with Crippen molar-refractivity contribution in [1.82, 2.24) is 10.3 Å². The number of carbonyl (C=O) groups is 2. The van der Waals surface area contributed by atoms with Gasteiger partial charge < -0.3 is 16.2 Å². The SMILES string of the molecule is C=CCC(NC(=O)c1sc(N)nc1C)C(=O)O. The molecular formula is C10H13N3O3S. The number of aryl methyl sites for hydroxylation is 1. The molecule has 0 saturated heterocycles. The number of nitrogen functional groups attached to an aromatic ring is 1. The van der Waals surface area contributed by atoms with Gasteiger partial charge in [-0.3, -0.25) is 4.79 Å². The molecule has 0 fully saturated rings. The Morgan fingerprint density at radius 3 is 2.76 bits per heavy atom. The molecule has 1 aromatic heterocycles. The number of thiazole rings is 1. The van der Waals surface area contributed by atoms with Crippen molar-refractivity contribution < 1.29 is 14.7 Å². The van der Waals surface area contributed by atoms with E-state index in [1.807, 2.05) is 0 Å². The highest BCUT2D eigenvalue weighted by atomic mass is 32.1. The summed E-state index contributed by atoms with van der Waals surface area (Å²) in [5, 5.41) is 11.5. The van der Waals surface area contributed by atoms with Crippen LogP contribution in [0, 0.1) is 6.92 Å². The van der Waals surface area contributed by atoms with Crippen molar-refractivity contribution in [3.05, 3.63) is 23.2 Å². The van der Waals surface area contributed by atoms with E-state index in [-0.39, 0.29) is 11.6 Å². The summed E-state index contributed by atoms with van der Waals surface area (Å²) in [5.41, 5.74) is 5.95. The summed E-state index contributed by atoms with van der Waals surface area (Å²) >= 11 is 1.03. The number of nitrogens with one attached hydrogen (secondary N) is 1. The van der Waals surface area contributed by atoms with Crippen LogP contribution in [0.25, 0.3) is 0 Å². The van der Waals surface area contributed by atoms with Gasteiger partial charge in [0, 0.05) is 0 Å². The molecule has 0 aliphatic rings. The normalized spacial score (nSPS) is 11.8. The Kier molecular flexibility index (Phi) is 4.22. The summed E-state index contributed by atoms with van der Waals surface area (Å²) in [6, 6.07) is -0.984. The van der Waals surface area contributed by atoms with Crippen LogP contribution in [0.1, 0.15) is 21.8 Å². The third-order valence-electron chi connectivity index (χ3n) is 2.03. The van der Waals surface area contributed by atoms with E-state index >= 15 is 0 Å². The molecule has 0 bridgehead atoms. The van der Waals surface area contributed by atoms with Crippen molar-refractivity contribution in [3.63, 3.8) is 0 Å². The fourth-order valence-electron chi connectivity index (χ4n) is 1.24. The molecule has 1 heterocycles. The molecule has 0 radical (unpaired) electrons. The minimum atomic E-state index is -1.10. The molecular weight excluding hydrogens is 242 g/mol. The number of rotatable bonds is 5. The van der Waals surface area contributed by atoms with E-state index in [9.17, 15) is 9.59 Å². The number of carboxylic acid groups (broad SMARTS) is 1. The van der Waals surface area contributed by atoms with Gasteiger partial charge in [0.2, 0.25) is 0 Å². The first kappa shape index (κ1) is 13.2. The van der Waals surface area contributed by atoms with E-state index in [1.165, 1.54) is 6.08 Å². The van der Waals surface area contributed by atoms with Gasteiger partial charge in [-0.05, 0) is 13.3 Å². The maximum atomic E-state index is 11.8. The number of carboxylic acids is 1. The van der Waals surface area contributed by atoms with Crippen LogP contribution in [-0.2, 0) is 4.79 Å². The minimum absolute atomic E-state index is 0.161. The van der Waals surface area contributed by atoms with Crippen LogP contribution >= 0.6 is 11.3 Å². The predicted octanol–water partition coefficient (Wildman–Crippen LogP) is 0.793. The summed E-state index contributed by atoms with van der Waals surface area (Å²) < 4.78 is 0. The number of hydrogen-bond donors (Lipinski definition) is 3. The van der Waals surface area contributed by atoms with E-state index in [4.69, 9.17) is 10.8 Å². The fourth-order valence-corrected chi connectivity index (χ4v) is 1.98. The fraction of sp³-hybridized carbons (Fsp3) is 0.300. The Bertz CT molecular complexity index is 456. The van der Waals surface area contributed by atoms with Gasteiger partial charge in [-0.2, -0.15) is 0 Å². The van der Waals surface area contributed by atoms with Crippen LogP contribution in [0.5, 0.6) is 0 Å². The van der Waals surface area contributed by atoms with Crippen LogP contribution in [-0.4, -0.2) is 28.0 Å². The Balaban J connectivity index is 2.80. The zero-order valence-corrected chi connectivity index (χ0v) is 10.1.